The summed E-state index contributed by atoms with van der Waals surface area (Å²) in [4.78, 5) is 26.8. The molecule has 1 heterocycles. The third kappa shape index (κ3) is 2.82. The Labute approximate surface area is 93.6 Å². The molecular weight excluding hydrogens is 210 g/mol. The van der Waals surface area contributed by atoms with Crippen LogP contribution in [0.25, 0.3) is 0 Å². The van der Waals surface area contributed by atoms with Crippen molar-refractivity contribution in [1.82, 2.24) is 14.9 Å². The summed E-state index contributed by atoms with van der Waals surface area (Å²) < 4.78 is 6.35. The summed E-state index contributed by atoms with van der Waals surface area (Å²) in [6.45, 7) is 3.59. The summed E-state index contributed by atoms with van der Waals surface area (Å²) in [6, 6.07) is -0.664. The number of nitrogens with one attached hydrogen (secondary N) is 1. The topological polar surface area (TPSA) is 73.2 Å². The van der Waals surface area contributed by atoms with Crippen LogP contribution in [0.3, 0.4) is 0 Å². The maximum atomic E-state index is 11.7. The Bertz CT molecular complexity index is 386. The molecule has 6 nitrogen and oxygen atoms in total. The number of esters is 1. The number of carbonyl (C=O) groups excluding carboxylic acids is 2. The van der Waals surface area contributed by atoms with Crippen molar-refractivity contribution in [2.24, 2.45) is 7.05 Å². The Kier molecular flexibility index (Phi) is 4.04. The van der Waals surface area contributed by atoms with Crippen molar-refractivity contribution < 1.29 is 14.3 Å². The van der Waals surface area contributed by atoms with Crippen molar-refractivity contribution in [3.63, 3.8) is 0 Å². The van der Waals surface area contributed by atoms with Crippen molar-refractivity contribution in [3.8, 4) is 0 Å². The molecule has 1 N–H and O–H groups in total. The van der Waals surface area contributed by atoms with Crippen LogP contribution in [-0.4, -0.2) is 34.1 Å². The molecule has 16 heavy (non-hydrogen) atoms. The molecule has 0 aliphatic rings. The molecule has 1 unspecified atom stereocenters. The first kappa shape index (κ1) is 12.2. The minimum Gasteiger partial charge on any atom is -0.464 e. The minimum absolute atomic E-state index is 0.296. The van der Waals surface area contributed by atoms with Crippen LogP contribution in [0.15, 0.2) is 12.5 Å². The number of hydrogen-bond acceptors (Lipinski definition) is 4. The normalized spacial score (nSPS) is 11.9. The number of hydrogen-bond donors (Lipinski definition) is 1. The van der Waals surface area contributed by atoms with Crippen molar-refractivity contribution in [2.75, 3.05) is 6.61 Å². The first-order valence-electron chi connectivity index (χ1n) is 5.00. The SMILES string of the molecule is CCOC(=O)C(C)NC(=O)c1cncn1C. The lowest BCUT2D eigenvalue weighted by Gasteiger charge is -2.12. The minimum atomic E-state index is -0.664. The van der Waals surface area contributed by atoms with Crippen molar-refractivity contribution in [1.29, 1.82) is 0 Å². The zero-order chi connectivity index (χ0) is 12.1. The quantitative estimate of drug-likeness (QED) is 0.738. The van der Waals surface area contributed by atoms with Crippen LogP contribution in [0.4, 0.5) is 0 Å². The van der Waals surface area contributed by atoms with E-state index in [-0.39, 0.29) is 5.91 Å². The fourth-order valence-corrected chi connectivity index (χ4v) is 1.17. The van der Waals surface area contributed by atoms with Crippen LogP contribution in [0.2, 0.25) is 0 Å². The summed E-state index contributed by atoms with van der Waals surface area (Å²) in [5.41, 5.74) is 0.399. The fraction of sp³-hybridized carbons (Fsp3) is 0.500. The summed E-state index contributed by atoms with van der Waals surface area (Å²) in [5.74, 6) is -0.793. The number of ether oxygens (including phenoxy) is 1. The van der Waals surface area contributed by atoms with E-state index in [0.29, 0.717) is 12.3 Å². The highest BCUT2D eigenvalue weighted by molar-refractivity contribution is 5.95. The maximum Gasteiger partial charge on any atom is 0.328 e. The number of nitrogens with zero attached hydrogens (tertiary/aromatic N) is 2. The van der Waals surface area contributed by atoms with Gasteiger partial charge in [0, 0.05) is 7.05 Å². The van der Waals surface area contributed by atoms with Crippen LogP contribution < -0.4 is 5.32 Å². The van der Waals surface area contributed by atoms with Gasteiger partial charge in [-0.3, -0.25) is 4.79 Å². The molecule has 0 aliphatic carbocycles. The van der Waals surface area contributed by atoms with Gasteiger partial charge >= 0.3 is 5.97 Å². The van der Waals surface area contributed by atoms with E-state index in [2.05, 4.69) is 10.3 Å². The van der Waals surface area contributed by atoms with E-state index in [9.17, 15) is 9.59 Å². The van der Waals surface area contributed by atoms with Gasteiger partial charge in [-0.15, -0.1) is 0 Å². The smallest absolute Gasteiger partial charge is 0.328 e. The van der Waals surface area contributed by atoms with Crippen LogP contribution in [0.1, 0.15) is 24.3 Å². The second-order valence-electron chi connectivity index (χ2n) is 3.34. The second-order valence-corrected chi connectivity index (χ2v) is 3.34. The van der Waals surface area contributed by atoms with Crippen LogP contribution in [-0.2, 0) is 16.6 Å². The molecule has 1 atom stereocenters. The molecule has 0 saturated carbocycles. The Hall–Kier alpha value is -1.85. The number of aromatic nitrogens is 2. The van der Waals surface area contributed by atoms with Gasteiger partial charge in [0.1, 0.15) is 11.7 Å². The van der Waals surface area contributed by atoms with Gasteiger partial charge in [-0.25, -0.2) is 9.78 Å². The first-order chi connectivity index (χ1) is 7.56. The lowest BCUT2D eigenvalue weighted by Crippen LogP contribution is -2.40. The highest BCUT2D eigenvalue weighted by Gasteiger charge is 2.18. The number of aryl methyl sites for hydroxylation is 1. The van der Waals surface area contributed by atoms with E-state index in [4.69, 9.17) is 4.74 Å². The van der Waals surface area contributed by atoms with Crippen LogP contribution in [0, 0.1) is 0 Å². The molecule has 6 heteroatoms. The second kappa shape index (κ2) is 5.29. The highest BCUT2D eigenvalue weighted by Crippen LogP contribution is 1.97. The molecule has 1 aromatic rings. The molecule has 0 aromatic carbocycles. The van der Waals surface area contributed by atoms with Gasteiger partial charge < -0.3 is 14.6 Å². The molecule has 0 aliphatic heterocycles. The van der Waals surface area contributed by atoms with Gasteiger partial charge in [-0.2, -0.15) is 0 Å². The van der Waals surface area contributed by atoms with Gasteiger partial charge in [-0.1, -0.05) is 0 Å². The van der Waals surface area contributed by atoms with Gasteiger partial charge in [0.25, 0.3) is 5.91 Å². The Morgan fingerprint density at radius 1 is 1.62 bits per heavy atom. The zero-order valence-corrected chi connectivity index (χ0v) is 9.56. The Morgan fingerprint density at radius 3 is 2.81 bits per heavy atom. The number of imidazole rings is 1. The summed E-state index contributed by atoms with van der Waals surface area (Å²) >= 11 is 0. The lowest BCUT2D eigenvalue weighted by molar-refractivity contribution is -0.144. The molecule has 0 saturated heterocycles. The molecular formula is C10H15N3O3. The summed E-state index contributed by atoms with van der Waals surface area (Å²) in [7, 11) is 1.71. The van der Waals surface area contributed by atoms with E-state index in [0.717, 1.165) is 0 Å². The Balaban J connectivity index is 2.58. The molecule has 88 valence electrons. The van der Waals surface area contributed by atoms with Gasteiger partial charge in [0.15, 0.2) is 0 Å². The summed E-state index contributed by atoms with van der Waals surface area (Å²) in [5, 5.41) is 2.53. The molecule has 0 bridgehead atoms. The number of rotatable bonds is 4. The lowest BCUT2D eigenvalue weighted by atomic mass is 10.3. The zero-order valence-electron chi connectivity index (χ0n) is 9.56. The van der Waals surface area contributed by atoms with E-state index >= 15 is 0 Å². The molecule has 0 spiro atoms. The molecule has 1 amide bonds. The van der Waals surface area contributed by atoms with E-state index in [1.807, 2.05) is 0 Å². The van der Waals surface area contributed by atoms with Gasteiger partial charge in [-0.05, 0) is 13.8 Å². The molecule has 0 fully saturated rings. The highest BCUT2D eigenvalue weighted by atomic mass is 16.5. The average molecular weight is 225 g/mol. The van der Waals surface area contributed by atoms with E-state index < -0.39 is 12.0 Å². The third-order valence-corrected chi connectivity index (χ3v) is 2.04. The largest absolute Gasteiger partial charge is 0.464 e. The van der Waals surface area contributed by atoms with Crippen LogP contribution >= 0.6 is 0 Å². The first-order valence-corrected chi connectivity index (χ1v) is 5.00. The Morgan fingerprint density at radius 2 is 2.31 bits per heavy atom. The van der Waals surface area contributed by atoms with Gasteiger partial charge in [0.05, 0.1) is 19.1 Å². The average Bonchev–Trinajstić information content (AvgIpc) is 2.64. The molecule has 1 rings (SSSR count). The monoisotopic (exact) mass is 225 g/mol. The van der Waals surface area contributed by atoms with Crippen molar-refractivity contribution in [3.05, 3.63) is 18.2 Å². The number of carbonyl (C=O) groups is 2. The third-order valence-electron chi connectivity index (χ3n) is 2.04. The van der Waals surface area contributed by atoms with Crippen LogP contribution in [0.5, 0.6) is 0 Å². The number of amides is 1. The molecule has 0 radical (unpaired) electrons. The van der Waals surface area contributed by atoms with Crippen molar-refractivity contribution >= 4 is 11.9 Å². The summed E-state index contributed by atoms with van der Waals surface area (Å²) in [6.07, 6.45) is 2.96. The predicted octanol–water partition coefficient (Wildman–Crippen LogP) is 0.101. The predicted molar refractivity (Wildman–Crippen MR) is 56.8 cm³/mol. The standard InChI is InChI=1S/C10H15N3O3/c1-4-16-10(15)7(2)12-9(14)8-5-11-6-13(8)3/h5-7H,4H2,1-3H3,(H,12,14). The van der Waals surface area contributed by atoms with Crippen molar-refractivity contribution in [2.45, 2.75) is 19.9 Å². The van der Waals surface area contributed by atoms with Gasteiger partial charge in [0.2, 0.25) is 0 Å². The van der Waals surface area contributed by atoms with E-state index in [1.54, 1.807) is 25.5 Å². The van der Waals surface area contributed by atoms with E-state index in [1.165, 1.54) is 12.5 Å². The fourth-order valence-electron chi connectivity index (χ4n) is 1.17. The molecule has 1 aromatic heterocycles. The maximum absolute atomic E-state index is 11.7.